The van der Waals surface area contributed by atoms with Crippen LogP contribution in [0.15, 0.2) is 54.6 Å². The minimum Gasteiger partial charge on any atom is -0.457 e. The number of primary amides is 1. The number of amides is 1. The molecule has 7 heteroatoms. The summed E-state index contributed by atoms with van der Waals surface area (Å²) in [7, 11) is 0. The lowest BCUT2D eigenvalue weighted by Crippen LogP contribution is -2.20. The lowest BCUT2D eigenvalue weighted by molar-refractivity contribution is 0.100. The Labute approximate surface area is 163 Å². The van der Waals surface area contributed by atoms with Crippen LogP contribution in [0, 0.1) is 0 Å². The Morgan fingerprint density at radius 3 is 2.50 bits per heavy atom. The molecule has 1 aromatic heterocycles. The van der Waals surface area contributed by atoms with Crippen LogP contribution in [0.4, 0.5) is 5.82 Å². The maximum absolute atomic E-state index is 12.2. The molecule has 28 heavy (non-hydrogen) atoms. The van der Waals surface area contributed by atoms with Crippen molar-refractivity contribution in [1.82, 2.24) is 15.1 Å². The molecule has 0 unspecified atom stereocenters. The smallest absolute Gasteiger partial charge is 0.254 e. The summed E-state index contributed by atoms with van der Waals surface area (Å²) in [5.74, 6) is 1.69. The number of nitrogens with zero attached hydrogens (tertiary/aromatic N) is 2. The molecular weight excluding hydrogens is 354 g/mol. The Kier molecular flexibility index (Phi) is 5.25. The zero-order valence-electron chi connectivity index (χ0n) is 15.5. The van der Waals surface area contributed by atoms with Gasteiger partial charge < -0.3 is 21.1 Å². The highest BCUT2D eigenvalue weighted by Gasteiger charge is 2.23. The number of aromatic nitrogens is 2. The van der Waals surface area contributed by atoms with Gasteiger partial charge in [0, 0.05) is 18.7 Å². The van der Waals surface area contributed by atoms with E-state index in [-0.39, 0.29) is 0 Å². The SMILES string of the molecule is NC(=O)c1c(-c2ccc(Oc3ccccc3)cc2)nn2c1NCCCNCC2. The molecule has 0 aliphatic carbocycles. The average molecular weight is 377 g/mol. The van der Waals surface area contributed by atoms with Crippen molar-refractivity contribution in [2.24, 2.45) is 5.73 Å². The average Bonchev–Trinajstić information content (AvgIpc) is 3.11. The van der Waals surface area contributed by atoms with Gasteiger partial charge in [-0.05, 0) is 49.4 Å². The van der Waals surface area contributed by atoms with Gasteiger partial charge in [0.2, 0.25) is 0 Å². The molecule has 0 fully saturated rings. The lowest BCUT2D eigenvalue weighted by Gasteiger charge is -2.08. The Hall–Kier alpha value is -3.32. The molecule has 2 aromatic carbocycles. The summed E-state index contributed by atoms with van der Waals surface area (Å²) in [5.41, 5.74) is 7.54. The molecule has 2 heterocycles. The number of para-hydroxylation sites is 1. The van der Waals surface area contributed by atoms with Gasteiger partial charge in [-0.25, -0.2) is 4.68 Å². The number of carbonyl (C=O) groups is 1. The number of hydrogen-bond acceptors (Lipinski definition) is 5. The summed E-state index contributed by atoms with van der Waals surface area (Å²) in [6, 6.07) is 17.1. The van der Waals surface area contributed by atoms with Crippen molar-refractivity contribution in [3.63, 3.8) is 0 Å². The second-order valence-corrected chi connectivity index (χ2v) is 6.63. The summed E-state index contributed by atoms with van der Waals surface area (Å²) in [4.78, 5) is 12.2. The first-order valence-corrected chi connectivity index (χ1v) is 9.41. The second kappa shape index (κ2) is 8.14. The van der Waals surface area contributed by atoms with Gasteiger partial charge in [-0.3, -0.25) is 4.79 Å². The Morgan fingerprint density at radius 1 is 1.00 bits per heavy atom. The molecular formula is C21H23N5O2. The first kappa shape index (κ1) is 18.1. The van der Waals surface area contributed by atoms with E-state index in [1.807, 2.05) is 59.3 Å². The molecule has 4 N–H and O–H groups in total. The van der Waals surface area contributed by atoms with E-state index in [4.69, 9.17) is 10.5 Å². The summed E-state index contributed by atoms with van der Waals surface area (Å²) in [6.07, 6.45) is 0.963. The third kappa shape index (κ3) is 3.84. The van der Waals surface area contributed by atoms with Gasteiger partial charge in [0.15, 0.2) is 0 Å². The van der Waals surface area contributed by atoms with E-state index >= 15 is 0 Å². The Balaban J connectivity index is 1.65. The first-order chi connectivity index (χ1) is 13.7. The van der Waals surface area contributed by atoms with Crippen LogP contribution in [-0.2, 0) is 6.54 Å². The fourth-order valence-corrected chi connectivity index (χ4v) is 3.27. The van der Waals surface area contributed by atoms with Gasteiger partial charge in [0.05, 0.1) is 6.54 Å². The molecule has 0 saturated heterocycles. The van der Waals surface area contributed by atoms with E-state index in [0.717, 1.165) is 37.4 Å². The van der Waals surface area contributed by atoms with E-state index < -0.39 is 5.91 Å². The van der Waals surface area contributed by atoms with Crippen LogP contribution in [0.1, 0.15) is 16.8 Å². The lowest BCUT2D eigenvalue weighted by atomic mass is 10.1. The highest BCUT2D eigenvalue weighted by molar-refractivity contribution is 6.03. The van der Waals surface area contributed by atoms with E-state index in [9.17, 15) is 4.79 Å². The maximum atomic E-state index is 12.2. The number of rotatable bonds is 4. The van der Waals surface area contributed by atoms with Gasteiger partial charge >= 0.3 is 0 Å². The van der Waals surface area contributed by atoms with Crippen molar-refractivity contribution >= 4 is 11.7 Å². The van der Waals surface area contributed by atoms with Crippen LogP contribution in [0.5, 0.6) is 11.5 Å². The number of hydrogen-bond donors (Lipinski definition) is 3. The van der Waals surface area contributed by atoms with Crippen LogP contribution in [0.2, 0.25) is 0 Å². The first-order valence-electron chi connectivity index (χ1n) is 9.41. The number of fused-ring (bicyclic) bond motifs is 1. The monoisotopic (exact) mass is 377 g/mol. The van der Waals surface area contributed by atoms with Crippen molar-refractivity contribution < 1.29 is 9.53 Å². The van der Waals surface area contributed by atoms with Gasteiger partial charge in [-0.1, -0.05) is 18.2 Å². The predicted octanol–water partition coefficient (Wildman–Crippen LogP) is 2.85. The fraction of sp³-hybridized carbons (Fsp3) is 0.238. The number of nitrogens with one attached hydrogen (secondary N) is 2. The molecule has 0 saturated carbocycles. The molecule has 0 bridgehead atoms. The molecule has 0 spiro atoms. The summed E-state index contributed by atoms with van der Waals surface area (Å²) >= 11 is 0. The molecule has 4 rings (SSSR count). The normalized spacial score (nSPS) is 14.1. The number of anilines is 1. The molecule has 1 aliphatic rings. The topological polar surface area (TPSA) is 94.2 Å². The molecule has 3 aromatic rings. The van der Waals surface area contributed by atoms with Gasteiger partial charge in [-0.2, -0.15) is 5.10 Å². The number of carbonyl (C=O) groups excluding carboxylic acids is 1. The predicted molar refractivity (Wildman–Crippen MR) is 109 cm³/mol. The van der Waals surface area contributed by atoms with Crippen LogP contribution in [0.25, 0.3) is 11.3 Å². The summed E-state index contributed by atoms with van der Waals surface area (Å²) in [6.45, 7) is 3.14. The van der Waals surface area contributed by atoms with Crippen molar-refractivity contribution in [3.05, 3.63) is 60.2 Å². The minimum atomic E-state index is -0.486. The Morgan fingerprint density at radius 2 is 1.75 bits per heavy atom. The standard InChI is InChI=1S/C21H23N5O2/c22-20(27)18-19(25-26-14-13-23-11-4-12-24-21(18)26)15-7-9-17(10-8-15)28-16-5-2-1-3-6-16/h1-3,5-10,23-24H,4,11-14H2,(H2,22,27). The van der Waals surface area contributed by atoms with Crippen molar-refractivity contribution in [2.75, 3.05) is 25.0 Å². The summed E-state index contributed by atoms with van der Waals surface area (Å²) in [5, 5.41) is 11.4. The molecule has 7 nitrogen and oxygen atoms in total. The number of benzene rings is 2. The van der Waals surface area contributed by atoms with E-state index in [2.05, 4.69) is 15.7 Å². The number of ether oxygens (including phenoxy) is 1. The number of nitrogens with two attached hydrogens (primary N) is 1. The minimum absolute atomic E-state index is 0.429. The maximum Gasteiger partial charge on any atom is 0.254 e. The summed E-state index contributed by atoms with van der Waals surface area (Å²) < 4.78 is 7.66. The third-order valence-electron chi connectivity index (χ3n) is 4.63. The van der Waals surface area contributed by atoms with E-state index in [1.165, 1.54) is 0 Å². The molecule has 1 amide bonds. The van der Waals surface area contributed by atoms with Gasteiger partial charge in [0.25, 0.3) is 5.91 Å². The van der Waals surface area contributed by atoms with Gasteiger partial charge in [0.1, 0.15) is 28.6 Å². The Bertz CT molecular complexity index is 951. The van der Waals surface area contributed by atoms with Crippen molar-refractivity contribution in [1.29, 1.82) is 0 Å². The second-order valence-electron chi connectivity index (χ2n) is 6.63. The van der Waals surface area contributed by atoms with Gasteiger partial charge in [-0.15, -0.1) is 0 Å². The zero-order valence-corrected chi connectivity index (χ0v) is 15.5. The van der Waals surface area contributed by atoms with Crippen LogP contribution in [-0.4, -0.2) is 35.3 Å². The zero-order chi connectivity index (χ0) is 19.3. The molecule has 0 radical (unpaired) electrons. The van der Waals surface area contributed by atoms with Crippen LogP contribution in [0.3, 0.4) is 0 Å². The molecule has 0 atom stereocenters. The van der Waals surface area contributed by atoms with E-state index in [1.54, 1.807) is 0 Å². The quantitative estimate of drug-likeness (QED) is 0.650. The largest absolute Gasteiger partial charge is 0.457 e. The highest BCUT2D eigenvalue weighted by atomic mass is 16.5. The van der Waals surface area contributed by atoms with Crippen molar-refractivity contribution in [2.45, 2.75) is 13.0 Å². The molecule has 144 valence electrons. The third-order valence-corrected chi connectivity index (χ3v) is 4.63. The fourth-order valence-electron chi connectivity index (χ4n) is 3.27. The highest BCUT2D eigenvalue weighted by Crippen LogP contribution is 2.31. The van der Waals surface area contributed by atoms with Crippen molar-refractivity contribution in [3.8, 4) is 22.8 Å². The molecule has 1 aliphatic heterocycles. The van der Waals surface area contributed by atoms with Crippen LogP contribution < -0.4 is 21.1 Å². The van der Waals surface area contributed by atoms with E-state index in [0.29, 0.717) is 29.4 Å². The van der Waals surface area contributed by atoms with Crippen LogP contribution >= 0.6 is 0 Å².